The Bertz CT molecular complexity index is 1160. The number of likely N-dealkylation sites (N-methyl/N-ethyl adjacent to an activating group) is 1. The van der Waals surface area contributed by atoms with Gasteiger partial charge in [-0.3, -0.25) is 4.72 Å². The summed E-state index contributed by atoms with van der Waals surface area (Å²) < 4.78 is 41.5. The summed E-state index contributed by atoms with van der Waals surface area (Å²) in [6, 6.07) is 8.32. The first kappa shape index (κ1) is 28.1. The fourth-order valence-corrected chi connectivity index (χ4v) is 7.87. The van der Waals surface area contributed by atoms with E-state index in [0.717, 1.165) is 23.3 Å². The van der Waals surface area contributed by atoms with Crippen LogP contribution in [0.5, 0.6) is 0 Å². The second-order valence-corrected chi connectivity index (χ2v) is 12.0. The van der Waals surface area contributed by atoms with Crippen LogP contribution >= 0.6 is 23.3 Å². The average molecular weight is 561 g/mol. The summed E-state index contributed by atoms with van der Waals surface area (Å²) in [7, 11) is -2.07. The highest BCUT2D eigenvalue weighted by Gasteiger charge is 2.38. The van der Waals surface area contributed by atoms with Crippen LogP contribution in [0.3, 0.4) is 0 Å². The average Bonchev–Trinajstić information content (AvgIpc) is 3.29. The lowest BCUT2D eigenvalue weighted by atomic mass is 10.1. The highest BCUT2D eigenvalue weighted by Crippen LogP contribution is 2.41. The Balaban J connectivity index is 1.60. The van der Waals surface area contributed by atoms with Crippen molar-refractivity contribution < 1.29 is 32.6 Å². The Morgan fingerprint density at radius 1 is 1.31 bits per heavy atom. The van der Waals surface area contributed by atoms with Gasteiger partial charge in [-0.05, 0) is 30.2 Å². The number of sulfonamides is 1. The molecule has 1 unspecified atom stereocenters. The van der Waals surface area contributed by atoms with E-state index < -0.39 is 21.2 Å². The van der Waals surface area contributed by atoms with E-state index in [1.807, 2.05) is 6.92 Å². The summed E-state index contributed by atoms with van der Waals surface area (Å²) in [5.74, 6) is 0. The molecule has 36 heavy (non-hydrogen) atoms. The molecule has 0 saturated carbocycles. The van der Waals surface area contributed by atoms with Gasteiger partial charge in [0.25, 0.3) is 15.1 Å². The van der Waals surface area contributed by atoms with E-state index in [-0.39, 0.29) is 23.5 Å². The van der Waals surface area contributed by atoms with Gasteiger partial charge in [0.1, 0.15) is 17.4 Å². The topological polar surface area (TPSA) is 149 Å². The van der Waals surface area contributed by atoms with Crippen molar-refractivity contribution in [2.75, 3.05) is 33.4 Å². The maximum atomic E-state index is 13.2. The first-order valence-electron chi connectivity index (χ1n) is 11.1. The van der Waals surface area contributed by atoms with Gasteiger partial charge in [-0.2, -0.15) is 4.31 Å². The van der Waals surface area contributed by atoms with E-state index >= 15 is 0 Å². The molecule has 0 radical (unpaired) electrons. The van der Waals surface area contributed by atoms with Gasteiger partial charge in [0.2, 0.25) is 0 Å². The third-order valence-electron chi connectivity index (χ3n) is 5.18. The molecular formula is C21H28N4O8S3. The largest absolute Gasteiger partial charge is 0.444 e. The zero-order valence-electron chi connectivity index (χ0n) is 19.8. The summed E-state index contributed by atoms with van der Waals surface area (Å²) in [5.41, 5.74) is 1.90. The molecule has 1 aliphatic rings. The molecule has 12 nitrogen and oxygen atoms in total. The molecule has 1 aromatic carbocycles. The lowest BCUT2D eigenvalue weighted by Crippen LogP contribution is -2.43. The molecule has 2 aromatic rings. The predicted octanol–water partition coefficient (Wildman–Crippen LogP) is 3.08. The molecule has 1 aliphatic heterocycles. The van der Waals surface area contributed by atoms with Crippen molar-refractivity contribution in [2.24, 2.45) is 0 Å². The smallest absolute Gasteiger partial charge is 0.417 e. The maximum Gasteiger partial charge on any atom is 0.417 e. The van der Waals surface area contributed by atoms with E-state index in [9.17, 15) is 23.3 Å². The van der Waals surface area contributed by atoms with Gasteiger partial charge in [0, 0.05) is 50.4 Å². The standard InChI is InChI=1S/C21H28N4O8S3/c1-3-22-18-12-24(8-5-9-31-2)36(29,30)20-17(18)11-19(34-20)35-23-21(26)32-13-15-6-4-7-16(10-15)14-33-25(27)28/h4,6-7,10-11,18,22H,3,5,8-9,12-14H2,1-2H3,(H,23,26). The number of thiophene rings is 1. The van der Waals surface area contributed by atoms with Crippen LogP contribution in [0.1, 0.15) is 36.1 Å². The Hall–Kier alpha value is -2.43. The molecule has 0 fully saturated rings. The minimum Gasteiger partial charge on any atom is -0.444 e. The summed E-state index contributed by atoms with van der Waals surface area (Å²) in [5, 5.41) is 12.8. The molecule has 0 bridgehead atoms. The molecule has 2 N–H and O–H groups in total. The highest BCUT2D eigenvalue weighted by molar-refractivity contribution is 8.00. The van der Waals surface area contributed by atoms with Gasteiger partial charge < -0.3 is 19.6 Å². The lowest BCUT2D eigenvalue weighted by molar-refractivity contribution is -0.763. The molecular weight excluding hydrogens is 532 g/mol. The minimum absolute atomic E-state index is 0.0487. The van der Waals surface area contributed by atoms with Gasteiger partial charge in [-0.25, -0.2) is 13.2 Å². The van der Waals surface area contributed by atoms with Crippen LogP contribution in [0.15, 0.2) is 38.8 Å². The van der Waals surface area contributed by atoms with Crippen molar-refractivity contribution in [3.63, 3.8) is 0 Å². The third kappa shape index (κ3) is 7.54. The Labute approximate surface area is 217 Å². The number of carbonyl (C=O) groups is 1. The van der Waals surface area contributed by atoms with Crippen molar-refractivity contribution in [3.8, 4) is 0 Å². The van der Waals surface area contributed by atoms with Crippen molar-refractivity contribution in [1.82, 2.24) is 14.3 Å². The van der Waals surface area contributed by atoms with Gasteiger partial charge >= 0.3 is 6.09 Å². The molecule has 0 spiro atoms. The van der Waals surface area contributed by atoms with E-state index in [2.05, 4.69) is 14.9 Å². The van der Waals surface area contributed by atoms with Crippen LogP contribution in [0, 0.1) is 10.1 Å². The van der Waals surface area contributed by atoms with Gasteiger partial charge in [-0.1, -0.05) is 31.2 Å². The molecule has 1 atom stereocenters. The normalized spacial score (nSPS) is 16.8. The van der Waals surface area contributed by atoms with Crippen LogP contribution in [0.4, 0.5) is 4.79 Å². The maximum absolute atomic E-state index is 13.2. The Morgan fingerprint density at radius 2 is 2.06 bits per heavy atom. The number of benzene rings is 1. The summed E-state index contributed by atoms with van der Waals surface area (Å²) in [6.07, 6.45) is -0.110. The number of methoxy groups -OCH3 is 1. The molecule has 198 valence electrons. The monoisotopic (exact) mass is 560 g/mol. The van der Waals surface area contributed by atoms with Crippen molar-refractivity contribution in [1.29, 1.82) is 0 Å². The number of nitrogens with one attached hydrogen (secondary N) is 2. The molecule has 0 aliphatic carbocycles. The SMILES string of the molecule is CCNC1CN(CCCOC)S(=O)(=O)c2sc(SNC(=O)OCc3cccc(CO[N+](=O)[O-])c3)cc21. The van der Waals surface area contributed by atoms with Crippen molar-refractivity contribution >= 4 is 39.4 Å². The number of ether oxygens (including phenoxy) is 2. The summed E-state index contributed by atoms with van der Waals surface area (Å²) in [6.45, 7) is 3.55. The minimum atomic E-state index is -3.65. The van der Waals surface area contributed by atoms with Gasteiger partial charge in [0.15, 0.2) is 0 Å². The molecule has 3 rings (SSSR count). The van der Waals surface area contributed by atoms with Crippen LogP contribution in [-0.2, 0) is 37.5 Å². The number of carbonyl (C=O) groups excluding carboxylic acids is 1. The van der Waals surface area contributed by atoms with Crippen LogP contribution in [0.25, 0.3) is 0 Å². The number of hydrogen-bond donors (Lipinski definition) is 2. The second kappa shape index (κ2) is 13.2. The second-order valence-electron chi connectivity index (χ2n) is 7.73. The van der Waals surface area contributed by atoms with Crippen LogP contribution in [-0.4, -0.2) is 57.3 Å². The Kier molecular flexibility index (Phi) is 10.3. The molecule has 0 saturated heterocycles. The van der Waals surface area contributed by atoms with Gasteiger partial charge in [0.05, 0.1) is 4.21 Å². The molecule has 1 amide bonds. The number of fused-ring (bicyclic) bond motifs is 1. The third-order valence-corrected chi connectivity index (χ3v) is 9.60. The van der Waals surface area contributed by atoms with E-state index in [1.54, 1.807) is 37.4 Å². The molecule has 15 heteroatoms. The van der Waals surface area contributed by atoms with Crippen molar-refractivity contribution in [3.05, 3.63) is 57.1 Å². The predicted molar refractivity (Wildman–Crippen MR) is 133 cm³/mol. The zero-order valence-corrected chi connectivity index (χ0v) is 22.2. The highest BCUT2D eigenvalue weighted by atomic mass is 32.3. The fourth-order valence-electron chi connectivity index (χ4n) is 3.60. The summed E-state index contributed by atoms with van der Waals surface area (Å²) in [4.78, 5) is 26.9. The first-order chi connectivity index (χ1) is 17.2. The van der Waals surface area contributed by atoms with E-state index in [1.165, 1.54) is 4.31 Å². The lowest BCUT2D eigenvalue weighted by Gasteiger charge is -2.32. The quantitative estimate of drug-likeness (QED) is 0.162. The number of rotatable bonds is 13. The summed E-state index contributed by atoms with van der Waals surface area (Å²) >= 11 is 2.09. The fraction of sp³-hybridized carbons (Fsp3) is 0.476. The molecule has 2 heterocycles. The van der Waals surface area contributed by atoms with Gasteiger partial charge in [-0.15, -0.1) is 21.5 Å². The number of nitrogens with zero attached hydrogens (tertiary/aromatic N) is 2. The van der Waals surface area contributed by atoms with E-state index in [0.29, 0.717) is 53.6 Å². The van der Waals surface area contributed by atoms with Crippen LogP contribution < -0.4 is 10.0 Å². The number of amides is 1. The van der Waals surface area contributed by atoms with Crippen molar-refractivity contribution in [2.45, 2.75) is 41.0 Å². The molecule has 1 aromatic heterocycles. The Morgan fingerprint density at radius 3 is 2.75 bits per heavy atom. The van der Waals surface area contributed by atoms with E-state index in [4.69, 9.17) is 9.47 Å². The van der Waals surface area contributed by atoms with Crippen LogP contribution in [0.2, 0.25) is 0 Å². The first-order valence-corrected chi connectivity index (χ1v) is 14.1. The zero-order chi connectivity index (χ0) is 26.1. The number of hydrogen-bond acceptors (Lipinski definition) is 11.